The van der Waals surface area contributed by atoms with Gasteiger partial charge in [-0.25, -0.2) is 4.79 Å². The molecule has 4 nitrogen and oxygen atoms in total. The van der Waals surface area contributed by atoms with Crippen LogP contribution < -0.4 is 4.74 Å². The quantitative estimate of drug-likeness (QED) is 0.894. The van der Waals surface area contributed by atoms with Gasteiger partial charge < -0.3 is 14.6 Å². The summed E-state index contributed by atoms with van der Waals surface area (Å²) in [5.74, 6) is 0.367. The molecule has 2 aromatic rings. The second-order valence-electron chi connectivity index (χ2n) is 3.94. The molecule has 0 heterocycles. The van der Waals surface area contributed by atoms with Gasteiger partial charge in [-0.05, 0) is 29.8 Å². The molecule has 19 heavy (non-hydrogen) atoms. The fourth-order valence-corrected chi connectivity index (χ4v) is 1.71. The molecule has 1 atom stereocenters. The lowest BCUT2D eigenvalue weighted by Gasteiger charge is -2.11. The first-order valence-corrected chi connectivity index (χ1v) is 5.79. The minimum absolute atomic E-state index is 0.579. The third kappa shape index (κ3) is 3.33. The molecule has 98 valence electrons. The zero-order chi connectivity index (χ0) is 13.7. The van der Waals surface area contributed by atoms with Gasteiger partial charge in [-0.1, -0.05) is 30.3 Å². The molecule has 2 rings (SSSR count). The zero-order valence-electron chi connectivity index (χ0n) is 10.4. The SMILES string of the molecule is CO[C@@H](C(=O)O)c1ccc(Oc2ccccc2)cc1. The minimum atomic E-state index is -1.01. The van der Waals surface area contributed by atoms with Crippen molar-refractivity contribution in [1.82, 2.24) is 0 Å². The van der Waals surface area contributed by atoms with Crippen LogP contribution in [0.15, 0.2) is 54.6 Å². The molecule has 0 spiro atoms. The Morgan fingerprint density at radius 1 is 1.00 bits per heavy atom. The van der Waals surface area contributed by atoms with Crippen molar-refractivity contribution in [3.8, 4) is 11.5 Å². The first-order valence-electron chi connectivity index (χ1n) is 5.79. The summed E-state index contributed by atoms with van der Waals surface area (Å²) in [6.45, 7) is 0. The van der Waals surface area contributed by atoms with E-state index in [1.807, 2.05) is 30.3 Å². The Morgan fingerprint density at radius 2 is 1.58 bits per heavy atom. The van der Waals surface area contributed by atoms with E-state index >= 15 is 0 Å². The average molecular weight is 258 g/mol. The summed E-state index contributed by atoms with van der Waals surface area (Å²) in [4.78, 5) is 11.0. The second-order valence-corrected chi connectivity index (χ2v) is 3.94. The highest BCUT2D eigenvalue weighted by atomic mass is 16.5. The number of benzene rings is 2. The molecule has 0 saturated heterocycles. The molecule has 2 aromatic carbocycles. The number of hydrogen-bond acceptors (Lipinski definition) is 3. The Hall–Kier alpha value is -2.33. The topological polar surface area (TPSA) is 55.8 Å². The molecule has 0 aromatic heterocycles. The number of hydrogen-bond donors (Lipinski definition) is 1. The number of para-hydroxylation sites is 1. The van der Waals surface area contributed by atoms with Crippen molar-refractivity contribution in [2.45, 2.75) is 6.10 Å². The van der Waals surface area contributed by atoms with Gasteiger partial charge in [0, 0.05) is 7.11 Å². The molecule has 0 bridgehead atoms. The first kappa shape index (κ1) is 13.1. The number of carboxylic acids is 1. The lowest BCUT2D eigenvalue weighted by atomic mass is 10.1. The maximum atomic E-state index is 11.0. The van der Waals surface area contributed by atoms with Crippen molar-refractivity contribution in [2.75, 3.05) is 7.11 Å². The predicted octanol–water partition coefficient (Wildman–Crippen LogP) is 3.25. The van der Waals surface area contributed by atoms with E-state index in [4.69, 9.17) is 14.6 Å². The highest BCUT2D eigenvalue weighted by Gasteiger charge is 2.18. The number of carbonyl (C=O) groups is 1. The van der Waals surface area contributed by atoms with Gasteiger partial charge >= 0.3 is 5.97 Å². The van der Waals surface area contributed by atoms with Gasteiger partial charge in [-0.3, -0.25) is 0 Å². The summed E-state index contributed by atoms with van der Waals surface area (Å²) in [6, 6.07) is 16.2. The smallest absolute Gasteiger partial charge is 0.337 e. The summed E-state index contributed by atoms with van der Waals surface area (Å²) in [7, 11) is 1.37. The van der Waals surface area contributed by atoms with E-state index < -0.39 is 12.1 Å². The van der Waals surface area contributed by atoms with Crippen molar-refractivity contribution in [1.29, 1.82) is 0 Å². The molecule has 0 fully saturated rings. The highest BCUT2D eigenvalue weighted by molar-refractivity contribution is 5.74. The number of aliphatic carboxylic acids is 1. The standard InChI is InChI=1S/C15H14O4/c1-18-14(15(16)17)11-7-9-13(10-8-11)19-12-5-3-2-4-6-12/h2-10,14H,1H3,(H,16,17)/t14-/m1/s1. The molecule has 0 aliphatic heterocycles. The maximum Gasteiger partial charge on any atom is 0.337 e. The monoisotopic (exact) mass is 258 g/mol. The Bertz CT molecular complexity index is 534. The summed E-state index contributed by atoms with van der Waals surface area (Å²) < 4.78 is 10.5. The number of carboxylic acid groups (broad SMARTS) is 1. The van der Waals surface area contributed by atoms with Gasteiger partial charge in [0.2, 0.25) is 0 Å². The van der Waals surface area contributed by atoms with E-state index in [0.29, 0.717) is 11.3 Å². The fourth-order valence-electron chi connectivity index (χ4n) is 1.71. The highest BCUT2D eigenvalue weighted by Crippen LogP contribution is 2.24. The van der Waals surface area contributed by atoms with Crippen LogP contribution in [0.2, 0.25) is 0 Å². The van der Waals surface area contributed by atoms with Gasteiger partial charge in [0.1, 0.15) is 11.5 Å². The largest absolute Gasteiger partial charge is 0.479 e. The van der Waals surface area contributed by atoms with Crippen LogP contribution in [0.3, 0.4) is 0 Å². The van der Waals surface area contributed by atoms with E-state index in [-0.39, 0.29) is 0 Å². The van der Waals surface area contributed by atoms with E-state index in [0.717, 1.165) is 5.75 Å². The Balaban J connectivity index is 2.12. The summed E-state index contributed by atoms with van der Waals surface area (Å²) in [5.41, 5.74) is 0.579. The molecule has 0 amide bonds. The van der Waals surface area contributed by atoms with Crippen LogP contribution >= 0.6 is 0 Å². The molecular formula is C15H14O4. The average Bonchev–Trinajstić information content (AvgIpc) is 2.42. The summed E-state index contributed by atoms with van der Waals surface area (Å²) in [5, 5.41) is 8.97. The molecule has 0 saturated carbocycles. The van der Waals surface area contributed by atoms with Crippen LogP contribution in [0.1, 0.15) is 11.7 Å². The van der Waals surface area contributed by atoms with Crippen LogP contribution in [-0.4, -0.2) is 18.2 Å². The van der Waals surface area contributed by atoms with Crippen molar-refractivity contribution >= 4 is 5.97 Å². The molecule has 0 aliphatic carbocycles. The third-order valence-corrected chi connectivity index (χ3v) is 2.62. The fraction of sp³-hybridized carbons (Fsp3) is 0.133. The molecule has 4 heteroatoms. The van der Waals surface area contributed by atoms with Crippen LogP contribution in [0.5, 0.6) is 11.5 Å². The van der Waals surface area contributed by atoms with Crippen LogP contribution in [0.4, 0.5) is 0 Å². The van der Waals surface area contributed by atoms with Crippen LogP contribution in [0.25, 0.3) is 0 Å². The van der Waals surface area contributed by atoms with Crippen molar-refractivity contribution < 1.29 is 19.4 Å². The Kier molecular flexibility index (Phi) is 4.15. The Labute approximate surface area is 111 Å². The lowest BCUT2D eigenvalue weighted by Crippen LogP contribution is -2.13. The first-order chi connectivity index (χ1) is 9.20. The van der Waals surface area contributed by atoms with E-state index in [1.54, 1.807) is 24.3 Å². The van der Waals surface area contributed by atoms with Gasteiger partial charge in [-0.2, -0.15) is 0 Å². The minimum Gasteiger partial charge on any atom is -0.479 e. The van der Waals surface area contributed by atoms with Gasteiger partial charge in [0.15, 0.2) is 6.10 Å². The molecule has 1 N–H and O–H groups in total. The third-order valence-electron chi connectivity index (χ3n) is 2.62. The van der Waals surface area contributed by atoms with Crippen LogP contribution in [-0.2, 0) is 9.53 Å². The predicted molar refractivity (Wildman–Crippen MR) is 70.3 cm³/mol. The Morgan fingerprint density at radius 3 is 2.11 bits per heavy atom. The molecule has 0 unspecified atom stereocenters. The zero-order valence-corrected chi connectivity index (χ0v) is 10.4. The number of methoxy groups -OCH3 is 1. The number of ether oxygens (including phenoxy) is 2. The van der Waals surface area contributed by atoms with Gasteiger partial charge in [0.25, 0.3) is 0 Å². The van der Waals surface area contributed by atoms with Crippen molar-refractivity contribution in [3.05, 3.63) is 60.2 Å². The maximum absolute atomic E-state index is 11.0. The van der Waals surface area contributed by atoms with Crippen LogP contribution in [0, 0.1) is 0 Å². The molecular weight excluding hydrogens is 244 g/mol. The lowest BCUT2D eigenvalue weighted by molar-refractivity contribution is -0.148. The number of rotatable bonds is 5. The summed E-state index contributed by atoms with van der Waals surface area (Å²) >= 11 is 0. The molecule has 0 aliphatic rings. The molecule has 0 radical (unpaired) electrons. The van der Waals surface area contributed by atoms with Crippen molar-refractivity contribution in [2.24, 2.45) is 0 Å². The van der Waals surface area contributed by atoms with Crippen molar-refractivity contribution in [3.63, 3.8) is 0 Å². The van der Waals surface area contributed by atoms with E-state index in [1.165, 1.54) is 7.11 Å². The van der Waals surface area contributed by atoms with E-state index in [9.17, 15) is 4.79 Å². The normalized spacial score (nSPS) is 11.8. The van der Waals surface area contributed by atoms with Gasteiger partial charge in [0.05, 0.1) is 0 Å². The van der Waals surface area contributed by atoms with Gasteiger partial charge in [-0.15, -0.1) is 0 Å². The summed E-state index contributed by atoms with van der Waals surface area (Å²) in [6.07, 6.45) is -0.953. The van der Waals surface area contributed by atoms with E-state index in [2.05, 4.69) is 0 Å². The second kappa shape index (κ2) is 6.02.